The van der Waals surface area contributed by atoms with E-state index in [1.807, 2.05) is 47.4 Å². The van der Waals surface area contributed by atoms with Crippen molar-refractivity contribution in [3.05, 3.63) is 65.7 Å². The first-order chi connectivity index (χ1) is 19.4. The van der Waals surface area contributed by atoms with E-state index < -0.39 is 12.2 Å². The second kappa shape index (κ2) is 13.9. The number of hydrogen-bond acceptors (Lipinski definition) is 5. The number of aromatic hydroxyl groups is 1. The van der Waals surface area contributed by atoms with Crippen LogP contribution in [0.5, 0.6) is 5.75 Å². The number of terminal acetylenes is 1. The highest BCUT2D eigenvalue weighted by Crippen LogP contribution is 2.29. The third-order valence-electron chi connectivity index (χ3n) is 7.52. The molecule has 2 N–H and O–H groups in total. The molecular weight excluding hydrogens is 506 g/mol. The summed E-state index contributed by atoms with van der Waals surface area (Å²) in [4.78, 5) is 44.4. The topological polar surface area (TPSA) is 96.4 Å². The van der Waals surface area contributed by atoms with Gasteiger partial charge in [-0.05, 0) is 42.5 Å². The summed E-state index contributed by atoms with van der Waals surface area (Å²) in [6.07, 6.45) is 9.97. The van der Waals surface area contributed by atoms with Gasteiger partial charge in [-0.2, -0.15) is 5.01 Å². The number of rotatable bonds is 11. The van der Waals surface area contributed by atoms with Crippen molar-refractivity contribution < 1.29 is 19.5 Å². The second-order valence-electron chi connectivity index (χ2n) is 10.4. The maximum atomic E-state index is 13.8. The Kier molecular flexibility index (Phi) is 10.0. The van der Waals surface area contributed by atoms with Gasteiger partial charge >= 0.3 is 6.03 Å². The molecule has 4 amide bonds. The lowest BCUT2D eigenvalue weighted by atomic mass is 9.98. The Hall–Kier alpha value is -4.03. The third-order valence-corrected chi connectivity index (χ3v) is 7.52. The molecule has 0 spiro atoms. The van der Waals surface area contributed by atoms with E-state index in [1.54, 1.807) is 27.1 Å². The molecule has 40 heavy (non-hydrogen) atoms. The average Bonchev–Trinajstić information content (AvgIpc) is 2.95. The SMILES string of the molecule is C#CCN1CC(=O)N2[C@@H](CCc3ccc(O)cc3)C(=O)N(CCCCCC)C[C@@H]2N1C(=O)NCc1ccccc1. The summed E-state index contributed by atoms with van der Waals surface area (Å²) >= 11 is 0. The third kappa shape index (κ3) is 6.93. The quantitative estimate of drug-likeness (QED) is 0.334. The molecule has 0 saturated carbocycles. The Morgan fingerprint density at radius 3 is 2.50 bits per heavy atom. The van der Waals surface area contributed by atoms with Crippen LogP contribution in [0.25, 0.3) is 0 Å². The fourth-order valence-electron chi connectivity index (χ4n) is 5.47. The van der Waals surface area contributed by atoms with Crippen molar-refractivity contribution in [2.24, 2.45) is 0 Å². The number of amides is 4. The number of carbonyl (C=O) groups excluding carboxylic acids is 3. The molecule has 4 rings (SSSR count). The molecule has 2 aliphatic heterocycles. The number of benzene rings is 2. The van der Waals surface area contributed by atoms with Crippen LogP contribution in [0.15, 0.2) is 54.6 Å². The van der Waals surface area contributed by atoms with Gasteiger partial charge in [-0.3, -0.25) is 9.59 Å². The highest BCUT2D eigenvalue weighted by atomic mass is 16.3. The molecule has 2 aliphatic rings. The van der Waals surface area contributed by atoms with Crippen LogP contribution in [0.3, 0.4) is 0 Å². The molecule has 9 nitrogen and oxygen atoms in total. The Morgan fingerprint density at radius 1 is 1.05 bits per heavy atom. The number of piperazine rings is 1. The van der Waals surface area contributed by atoms with Gasteiger partial charge in [0.05, 0.1) is 19.6 Å². The Bertz CT molecular complexity index is 1200. The van der Waals surface area contributed by atoms with Crippen molar-refractivity contribution in [2.45, 2.75) is 64.2 Å². The first-order valence-electron chi connectivity index (χ1n) is 14.1. The van der Waals surface area contributed by atoms with E-state index in [0.29, 0.717) is 25.9 Å². The second-order valence-corrected chi connectivity index (χ2v) is 10.4. The first-order valence-corrected chi connectivity index (χ1v) is 14.1. The first kappa shape index (κ1) is 29.0. The van der Waals surface area contributed by atoms with Gasteiger partial charge in [0.25, 0.3) is 0 Å². The number of aryl methyl sites for hydroxylation is 1. The number of phenols is 1. The molecule has 2 heterocycles. The van der Waals surface area contributed by atoms with Gasteiger partial charge in [-0.15, -0.1) is 6.42 Å². The van der Waals surface area contributed by atoms with Crippen LogP contribution in [0, 0.1) is 12.3 Å². The molecule has 0 radical (unpaired) electrons. The maximum Gasteiger partial charge on any atom is 0.334 e. The number of carbonyl (C=O) groups is 3. The number of nitrogens with zero attached hydrogens (tertiary/aromatic N) is 4. The minimum absolute atomic E-state index is 0.0844. The van der Waals surface area contributed by atoms with Crippen LogP contribution < -0.4 is 5.32 Å². The van der Waals surface area contributed by atoms with Crippen molar-refractivity contribution >= 4 is 17.8 Å². The van der Waals surface area contributed by atoms with E-state index in [2.05, 4.69) is 18.2 Å². The van der Waals surface area contributed by atoms with E-state index in [-0.39, 0.29) is 43.2 Å². The number of phenolic OH excluding ortho intramolecular Hbond substituents is 1. The fourth-order valence-corrected chi connectivity index (χ4v) is 5.47. The standard InChI is InChI=1S/C31H39N5O4/c1-3-5-6-10-20-33-22-28-35(27(30(33)39)18-15-24-13-16-26(37)17-14-24)29(38)23-34(19-4-2)36(28)31(40)32-21-25-11-8-7-9-12-25/h2,7-9,11-14,16-17,27-28,37H,3,5-6,10,15,18-23H2,1H3,(H,32,40)/t27-,28-/m0/s1. The summed E-state index contributed by atoms with van der Waals surface area (Å²) in [6.45, 7) is 3.28. The largest absolute Gasteiger partial charge is 0.508 e. The van der Waals surface area contributed by atoms with Crippen molar-refractivity contribution in [1.82, 2.24) is 25.1 Å². The van der Waals surface area contributed by atoms with Gasteiger partial charge in [0.2, 0.25) is 11.8 Å². The number of nitrogens with one attached hydrogen (secondary N) is 1. The van der Waals surface area contributed by atoms with Crippen LogP contribution in [0.4, 0.5) is 4.79 Å². The van der Waals surface area contributed by atoms with E-state index in [0.717, 1.165) is 36.8 Å². The highest BCUT2D eigenvalue weighted by molar-refractivity contribution is 5.91. The van der Waals surface area contributed by atoms with E-state index in [1.165, 1.54) is 0 Å². The Balaban J connectivity index is 1.60. The number of hydrogen-bond donors (Lipinski definition) is 2. The van der Waals surface area contributed by atoms with E-state index in [4.69, 9.17) is 6.42 Å². The maximum absolute atomic E-state index is 13.8. The molecule has 0 aliphatic carbocycles. The van der Waals surface area contributed by atoms with Gasteiger partial charge in [0.1, 0.15) is 18.0 Å². The summed E-state index contributed by atoms with van der Waals surface area (Å²) in [5.74, 6) is 2.44. The van der Waals surface area contributed by atoms with Gasteiger partial charge in [-0.25, -0.2) is 9.80 Å². The highest BCUT2D eigenvalue weighted by Gasteiger charge is 2.50. The Morgan fingerprint density at radius 2 is 1.80 bits per heavy atom. The lowest BCUT2D eigenvalue weighted by Crippen LogP contribution is -2.76. The average molecular weight is 546 g/mol. The molecule has 2 atom stereocenters. The lowest BCUT2D eigenvalue weighted by molar-refractivity contribution is -0.189. The number of urea groups is 1. The molecule has 212 valence electrons. The van der Waals surface area contributed by atoms with Crippen LogP contribution in [0.2, 0.25) is 0 Å². The van der Waals surface area contributed by atoms with Gasteiger partial charge in [-0.1, -0.05) is 74.6 Å². The normalized spacial score (nSPS) is 19.4. The minimum Gasteiger partial charge on any atom is -0.508 e. The molecule has 0 bridgehead atoms. The zero-order valence-electron chi connectivity index (χ0n) is 23.2. The van der Waals surface area contributed by atoms with Gasteiger partial charge in [0.15, 0.2) is 0 Å². The minimum atomic E-state index is -0.705. The monoisotopic (exact) mass is 545 g/mol. The Labute approximate surface area is 236 Å². The molecule has 0 unspecified atom stereocenters. The van der Waals surface area contributed by atoms with Crippen molar-refractivity contribution in [1.29, 1.82) is 0 Å². The van der Waals surface area contributed by atoms with Crippen molar-refractivity contribution in [3.63, 3.8) is 0 Å². The summed E-state index contributed by atoms with van der Waals surface area (Å²) in [5.41, 5.74) is 1.91. The van der Waals surface area contributed by atoms with E-state index in [9.17, 15) is 19.5 Å². The predicted molar refractivity (Wildman–Crippen MR) is 152 cm³/mol. The summed E-state index contributed by atoms with van der Waals surface area (Å²) < 4.78 is 0. The van der Waals surface area contributed by atoms with Gasteiger partial charge in [0, 0.05) is 13.1 Å². The summed E-state index contributed by atoms with van der Waals surface area (Å²) in [6, 6.07) is 15.4. The lowest BCUT2D eigenvalue weighted by Gasteiger charge is -2.55. The van der Waals surface area contributed by atoms with Crippen LogP contribution >= 0.6 is 0 Å². The summed E-state index contributed by atoms with van der Waals surface area (Å²) in [5, 5.41) is 15.8. The number of hydrazine groups is 1. The van der Waals surface area contributed by atoms with Crippen LogP contribution in [-0.2, 0) is 22.6 Å². The van der Waals surface area contributed by atoms with Crippen molar-refractivity contribution in [3.8, 4) is 18.1 Å². The molecule has 2 aromatic rings. The van der Waals surface area contributed by atoms with Crippen LogP contribution in [0.1, 0.15) is 50.2 Å². The predicted octanol–water partition coefficient (Wildman–Crippen LogP) is 3.35. The molecule has 2 fully saturated rings. The fraction of sp³-hybridized carbons (Fsp3) is 0.452. The zero-order valence-corrected chi connectivity index (χ0v) is 23.2. The summed E-state index contributed by atoms with van der Waals surface area (Å²) in [7, 11) is 0. The molecule has 9 heteroatoms. The molecule has 0 aromatic heterocycles. The molecule has 2 saturated heterocycles. The van der Waals surface area contributed by atoms with E-state index >= 15 is 0 Å². The zero-order chi connectivity index (χ0) is 28.5. The van der Waals surface area contributed by atoms with Gasteiger partial charge < -0.3 is 20.2 Å². The molecular formula is C31H39N5O4. The van der Waals surface area contributed by atoms with Crippen LogP contribution in [-0.4, -0.2) is 81.2 Å². The molecule has 2 aromatic carbocycles. The number of fused-ring (bicyclic) bond motifs is 1. The number of unbranched alkanes of at least 4 members (excludes halogenated alkanes) is 3. The smallest absolute Gasteiger partial charge is 0.334 e. The van der Waals surface area contributed by atoms with Crippen molar-refractivity contribution in [2.75, 3.05) is 26.2 Å².